The van der Waals surface area contributed by atoms with Crippen LogP contribution in [0.5, 0.6) is 0 Å². The van der Waals surface area contributed by atoms with Crippen LogP contribution in [0.3, 0.4) is 0 Å². The van der Waals surface area contributed by atoms with Gasteiger partial charge in [-0.1, -0.05) is 6.07 Å². The van der Waals surface area contributed by atoms with Gasteiger partial charge in [0, 0.05) is 23.9 Å². The third-order valence-electron chi connectivity index (χ3n) is 5.37. The van der Waals surface area contributed by atoms with Crippen LogP contribution in [0.25, 0.3) is 20.8 Å². The van der Waals surface area contributed by atoms with E-state index in [9.17, 15) is 14.4 Å². The number of benzene rings is 2. The summed E-state index contributed by atoms with van der Waals surface area (Å²) in [5.41, 5.74) is 5.09. The van der Waals surface area contributed by atoms with Gasteiger partial charge in [0.2, 0.25) is 5.91 Å². The number of aromatic nitrogens is 2. The first-order chi connectivity index (χ1) is 15.8. The Balaban J connectivity index is 1.51. The van der Waals surface area contributed by atoms with Crippen molar-refractivity contribution in [2.45, 2.75) is 27.2 Å². The maximum absolute atomic E-state index is 12.7. The van der Waals surface area contributed by atoms with Crippen molar-refractivity contribution < 1.29 is 19.1 Å². The SMILES string of the molecule is COC(=O)c1c(CC(=O)Nc2ccc(-c3nc4ccc(C)cc4s3)cc2)[nH]c(C(C)=O)c1C. The summed E-state index contributed by atoms with van der Waals surface area (Å²) in [6, 6.07) is 13.6. The summed E-state index contributed by atoms with van der Waals surface area (Å²) in [5.74, 6) is -1.13. The van der Waals surface area contributed by atoms with Crippen molar-refractivity contribution in [3.8, 4) is 10.6 Å². The van der Waals surface area contributed by atoms with Crippen molar-refractivity contribution in [3.63, 3.8) is 0 Å². The Morgan fingerprint density at radius 1 is 1.09 bits per heavy atom. The number of thiazole rings is 1. The number of hydrogen-bond donors (Lipinski definition) is 2. The van der Waals surface area contributed by atoms with Crippen LogP contribution in [0.4, 0.5) is 5.69 Å². The van der Waals surface area contributed by atoms with E-state index in [1.807, 2.05) is 36.4 Å². The zero-order valence-corrected chi connectivity index (χ0v) is 19.6. The minimum Gasteiger partial charge on any atom is -0.465 e. The number of methoxy groups -OCH3 is 1. The van der Waals surface area contributed by atoms with E-state index in [1.54, 1.807) is 18.3 Å². The fraction of sp³-hybridized carbons (Fsp3) is 0.200. The number of ether oxygens (including phenoxy) is 1. The molecular weight excluding hydrogens is 438 g/mol. The molecule has 2 aromatic carbocycles. The van der Waals surface area contributed by atoms with Crippen molar-refractivity contribution in [2.24, 2.45) is 0 Å². The minimum absolute atomic E-state index is 0.0997. The first-order valence-electron chi connectivity index (χ1n) is 10.3. The molecule has 0 saturated carbocycles. The average molecular weight is 462 g/mol. The number of fused-ring (bicyclic) bond motifs is 1. The lowest BCUT2D eigenvalue weighted by Crippen LogP contribution is -2.17. The van der Waals surface area contributed by atoms with E-state index in [-0.39, 0.29) is 23.7 Å². The largest absolute Gasteiger partial charge is 0.465 e. The molecule has 0 aliphatic rings. The molecule has 0 spiro atoms. The molecule has 2 aromatic heterocycles. The summed E-state index contributed by atoms with van der Waals surface area (Å²) in [6.07, 6.45) is -0.0997. The number of rotatable bonds is 6. The van der Waals surface area contributed by atoms with Gasteiger partial charge >= 0.3 is 5.97 Å². The lowest BCUT2D eigenvalue weighted by Gasteiger charge is -2.07. The van der Waals surface area contributed by atoms with E-state index in [0.717, 1.165) is 20.8 Å². The Labute approximate surface area is 194 Å². The summed E-state index contributed by atoms with van der Waals surface area (Å²) in [6.45, 7) is 5.11. The Bertz CT molecular complexity index is 1380. The molecule has 7 nitrogen and oxygen atoms in total. The summed E-state index contributed by atoms with van der Waals surface area (Å²) in [4.78, 5) is 44.3. The number of H-pyrrole nitrogens is 1. The minimum atomic E-state index is -0.588. The van der Waals surface area contributed by atoms with Crippen LogP contribution in [0.1, 0.15) is 44.6 Å². The normalized spacial score (nSPS) is 10.9. The van der Waals surface area contributed by atoms with Crippen LogP contribution >= 0.6 is 11.3 Å². The van der Waals surface area contributed by atoms with Crippen LogP contribution in [0.2, 0.25) is 0 Å². The summed E-state index contributed by atoms with van der Waals surface area (Å²) < 4.78 is 5.96. The molecule has 2 N–H and O–H groups in total. The molecule has 0 saturated heterocycles. The van der Waals surface area contributed by atoms with E-state index in [4.69, 9.17) is 4.74 Å². The molecule has 168 valence electrons. The van der Waals surface area contributed by atoms with E-state index in [2.05, 4.69) is 28.3 Å². The number of anilines is 1. The second-order valence-corrected chi connectivity index (χ2v) is 8.85. The third-order valence-corrected chi connectivity index (χ3v) is 6.43. The highest BCUT2D eigenvalue weighted by molar-refractivity contribution is 7.21. The number of nitrogens with one attached hydrogen (secondary N) is 2. The van der Waals surface area contributed by atoms with Crippen LogP contribution in [0.15, 0.2) is 42.5 Å². The first kappa shape index (κ1) is 22.4. The van der Waals surface area contributed by atoms with Gasteiger partial charge in [-0.3, -0.25) is 9.59 Å². The smallest absolute Gasteiger partial charge is 0.339 e. The van der Waals surface area contributed by atoms with Crippen LogP contribution in [0, 0.1) is 13.8 Å². The van der Waals surface area contributed by atoms with Gasteiger partial charge in [0.05, 0.1) is 35.0 Å². The highest BCUT2D eigenvalue weighted by Gasteiger charge is 2.24. The number of carbonyl (C=O) groups excluding carboxylic acids is 3. The first-order valence-corrected chi connectivity index (χ1v) is 11.2. The number of nitrogens with zero attached hydrogens (tertiary/aromatic N) is 1. The Kier molecular flexibility index (Phi) is 6.11. The number of ketones is 1. The average Bonchev–Trinajstić information content (AvgIpc) is 3.34. The molecule has 33 heavy (non-hydrogen) atoms. The number of aryl methyl sites for hydroxylation is 1. The van der Waals surface area contributed by atoms with Gasteiger partial charge in [0.25, 0.3) is 0 Å². The second kappa shape index (κ2) is 8.99. The number of carbonyl (C=O) groups is 3. The van der Waals surface area contributed by atoms with Gasteiger partial charge in [-0.15, -0.1) is 11.3 Å². The highest BCUT2D eigenvalue weighted by Crippen LogP contribution is 2.31. The zero-order chi connectivity index (χ0) is 23.7. The number of aromatic amines is 1. The summed E-state index contributed by atoms with van der Waals surface area (Å²) >= 11 is 1.62. The molecule has 2 heterocycles. The van der Waals surface area contributed by atoms with E-state index < -0.39 is 5.97 Å². The molecular formula is C25H23N3O4S. The maximum atomic E-state index is 12.7. The Morgan fingerprint density at radius 3 is 2.48 bits per heavy atom. The molecule has 8 heteroatoms. The lowest BCUT2D eigenvalue weighted by molar-refractivity contribution is -0.115. The fourth-order valence-corrected chi connectivity index (χ4v) is 4.81. The van der Waals surface area contributed by atoms with Crippen molar-refractivity contribution in [1.82, 2.24) is 9.97 Å². The predicted octanol–water partition coefficient (Wildman–Crippen LogP) is 5.08. The molecule has 1 amide bonds. The van der Waals surface area contributed by atoms with Gasteiger partial charge < -0.3 is 15.0 Å². The molecule has 0 unspecified atom stereocenters. The second-order valence-electron chi connectivity index (χ2n) is 7.82. The molecule has 0 aliphatic carbocycles. The van der Waals surface area contributed by atoms with Crippen molar-refractivity contribution in [3.05, 3.63) is 70.5 Å². The van der Waals surface area contributed by atoms with Crippen molar-refractivity contribution >= 4 is 44.9 Å². The predicted molar refractivity (Wildman–Crippen MR) is 129 cm³/mol. The summed E-state index contributed by atoms with van der Waals surface area (Å²) in [5, 5.41) is 3.74. The van der Waals surface area contributed by atoms with Crippen LogP contribution in [-0.2, 0) is 16.0 Å². The summed E-state index contributed by atoms with van der Waals surface area (Å²) in [7, 11) is 1.26. The van der Waals surface area contributed by atoms with E-state index in [1.165, 1.54) is 19.6 Å². The molecule has 0 aliphatic heterocycles. The van der Waals surface area contributed by atoms with Gasteiger partial charge in [0.1, 0.15) is 5.01 Å². The molecule has 4 aromatic rings. The molecule has 0 radical (unpaired) electrons. The fourth-order valence-electron chi connectivity index (χ4n) is 3.74. The molecule has 4 rings (SSSR count). The van der Waals surface area contributed by atoms with Crippen LogP contribution in [-0.4, -0.2) is 34.7 Å². The standard InChI is InChI=1S/C25H23N3O4S/c1-13-5-10-18-20(11-13)33-24(28-18)16-6-8-17(9-7-16)26-21(30)12-19-22(25(31)32-4)14(2)23(27-19)15(3)29/h5-11,27H,12H2,1-4H3,(H,26,30). The van der Waals surface area contributed by atoms with Gasteiger partial charge in [-0.05, 0) is 61.4 Å². The van der Waals surface area contributed by atoms with E-state index in [0.29, 0.717) is 22.6 Å². The lowest BCUT2D eigenvalue weighted by atomic mass is 10.1. The monoisotopic (exact) mass is 461 g/mol. The molecule has 0 fully saturated rings. The number of amides is 1. The van der Waals surface area contributed by atoms with Crippen molar-refractivity contribution in [2.75, 3.05) is 12.4 Å². The highest BCUT2D eigenvalue weighted by atomic mass is 32.1. The van der Waals surface area contributed by atoms with Crippen LogP contribution < -0.4 is 5.32 Å². The molecule has 0 atom stereocenters. The number of esters is 1. The topological polar surface area (TPSA) is 101 Å². The Hall–Kier alpha value is -3.78. The maximum Gasteiger partial charge on any atom is 0.339 e. The zero-order valence-electron chi connectivity index (χ0n) is 18.7. The Morgan fingerprint density at radius 2 is 1.82 bits per heavy atom. The van der Waals surface area contributed by atoms with Gasteiger partial charge in [-0.25, -0.2) is 9.78 Å². The van der Waals surface area contributed by atoms with Crippen molar-refractivity contribution in [1.29, 1.82) is 0 Å². The number of Topliss-reactive ketones (excluding diaryl/α,β-unsaturated/α-hetero) is 1. The number of hydrogen-bond acceptors (Lipinski definition) is 6. The van der Waals surface area contributed by atoms with E-state index >= 15 is 0 Å². The third kappa shape index (κ3) is 4.56. The van der Waals surface area contributed by atoms with Gasteiger partial charge in [-0.2, -0.15) is 0 Å². The van der Waals surface area contributed by atoms with Gasteiger partial charge in [0.15, 0.2) is 5.78 Å². The molecule has 0 bridgehead atoms. The quantitative estimate of drug-likeness (QED) is 0.308.